The van der Waals surface area contributed by atoms with Gasteiger partial charge in [0.1, 0.15) is 5.69 Å². The lowest BCUT2D eigenvalue weighted by Crippen LogP contribution is -2.12. The van der Waals surface area contributed by atoms with Crippen LogP contribution in [0.2, 0.25) is 0 Å². The molecule has 4 rings (SSSR count). The van der Waals surface area contributed by atoms with Gasteiger partial charge >= 0.3 is 0 Å². The molecule has 0 aliphatic rings. The Balaban J connectivity index is 1.56. The van der Waals surface area contributed by atoms with Crippen LogP contribution in [0.3, 0.4) is 0 Å². The van der Waals surface area contributed by atoms with Crippen LogP contribution in [0.15, 0.2) is 61.1 Å². The van der Waals surface area contributed by atoms with E-state index >= 15 is 0 Å². The third kappa shape index (κ3) is 2.57. The van der Waals surface area contributed by atoms with Crippen LogP contribution in [0.25, 0.3) is 22.2 Å². The highest BCUT2D eigenvalue weighted by Gasteiger charge is 2.11. The Labute approximate surface area is 131 Å². The molecule has 0 aliphatic heterocycles. The number of fused-ring (bicyclic) bond motifs is 1. The van der Waals surface area contributed by atoms with Crippen molar-refractivity contribution in [2.45, 2.75) is 0 Å². The van der Waals surface area contributed by atoms with Gasteiger partial charge in [0.25, 0.3) is 5.91 Å². The lowest BCUT2D eigenvalue weighted by molar-refractivity contribution is 0.102. The molecule has 0 unspecified atom stereocenters. The van der Waals surface area contributed by atoms with Gasteiger partial charge in [-0.3, -0.25) is 14.9 Å². The number of aromatic amines is 2. The smallest absolute Gasteiger partial charge is 0.273 e. The lowest BCUT2D eigenvalue weighted by atomic mass is 10.2. The van der Waals surface area contributed by atoms with Crippen LogP contribution in [-0.2, 0) is 0 Å². The number of nitrogens with one attached hydrogen (secondary N) is 3. The minimum atomic E-state index is -0.237. The van der Waals surface area contributed by atoms with Crippen molar-refractivity contribution in [3.8, 4) is 11.3 Å². The van der Waals surface area contributed by atoms with Crippen molar-refractivity contribution in [1.82, 2.24) is 20.2 Å². The van der Waals surface area contributed by atoms with E-state index in [1.807, 2.05) is 42.6 Å². The van der Waals surface area contributed by atoms with E-state index in [9.17, 15) is 4.79 Å². The number of anilines is 1. The Bertz CT molecular complexity index is 971. The molecule has 3 heterocycles. The normalized spacial score (nSPS) is 10.8. The molecule has 6 nitrogen and oxygen atoms in total. The topological polar surface area (TPSA) is 86.5 Å². The van der Waals surface area contributed by atoms with Gasteiger partial charge in [-0.15, -0.1) is 0 Å². The second-order valence-corrected chi connectivity index (χ2v) is 5.14. The maximum atomic E-state index is 12.3. The first-order valence-electron chi connectivity index (χ1n) is 7.14. The highest BCUT2D eigenvalue weighted by Crippen LogP contribution is 2.19. The Kier molecular flexibility index (Phi) is 3.12. The fourth-order valence-corrected chi connectivity index (χ4v) is 2.42. The first-order valence-corrected chi connectivity index (χ1v) is 7.14. The molecular weight excluding hydrogens is 290 g/mol. The van der Waals surface area contributed by atoms with Crippen molar-refractivity contribution in [1.29, 1.82) is 0 Å². The number of hydrogen-bond donors (Lipinski definition) is 3. The number of carbonyl (C=O) groups is 1. The van der Waals surface area contributed by atoms with Crippen LogP contribution in [0.4, 0.5) is 5.69 Å². The molecule has 112 valence electrons. The summed E-state index contributed by atoms with van der Waals surface area (Å²) in [5, 5.41) is 10.9. The van der Waals surface area contributed by atoms with E-state index in [1.165, 1.54) is 0 Å². The number of nitrogens with zero attached hydrogens (tertiary/aromatic N) is 2. The van der Waals surface area contributed by atoms with Gasteiger partial charge in [-0.25, -0.2) is 0 Å². The lowest BCUT2D eigenvalue weighted by Gasteiger charge is -2.03. The Morgan fingerprint density at radius 1 is 1.13 bits per heavy atom. The van der Waals surface area contributed by atoms with Crippen molar-refractivity contribution < 1.29 is 4.79 Å². The summed E-state index contributed by atoms with van der Waals surface area (Å²) in [4.78, 5) is 19.5. The third-order valence-electron chi connectivity index (χ3n) is 3.59. The summed E-state index contributed by atoms with van der Waals surface area (Å²) in [6.45, 7) is 0. The average Bonchev–Trinajstić information content (AvgIpc) is 3.24. The van der Waals surface area contributed by atoms with E-state index in [0.29, 0.717) is 11.4 Å². The first-order chi connectivity index (χ1) is 11.3. The zero-order valence-electron chi connectivity index (χ0n) is 12.1. The second kappa shape index (κ2) is 5.42. The fraction of sp³-hybridized carbons (Fsp3) is 0. The molecule has 4 aromatic rings. The number of carbonyl (C=O) groups excluding carboxylic acids is 1. The summed E-state index contributed by atoms with van der Waals surface area (Å²) in [6, 6.07) is 13.1. The van der Waals surface area contributed by atoms with Crippen molar-refractivity contribution >= 4 is 22.5 Å². The largest absolute Gasteiger partial charge is 0.361 e. The Morgan fingerprint density at radius 2 is 2.09 bits per heavy atom. The van der Waals surface area contributed by atoms with Crippen LogP contribution in [-0.4, -0.2) is 26.1 Å². The maximum absolute atomic E-state index is 12.3. The molecule has 0 spiro atoms. The van der Waals surface area contributed by atoms with Crippen molar-refractivity contribution in [3.63, 3.8) is 0 Å². The Morgan fingerprint density at radius 3 is 2.96 bits per heavy atom. The molecule has 0 radical (unpaired) electrons. The van der Waals surface area contributed by atoms with Crippen molar-refractivity contribution in [3.05, 3.63) is 66.7 Å². The minimum Gasteiger partial charge on any atom is -0.361 e. The molecule has 3 N–H and O–H groups in total. The van der Waals surface area contributed by atoms with Crippen LogP contribution >= 0.6 is 0 Å². The standard InChI is InChI=1S/C17H13N5O/c23-17(20-13-4-3-11-5-7-19-14(11)8-13)16-9-15(21-22-16)12-2-1-6-18-10-12/h1-10,19H,(H,20,23)(H,21,22). The predicted octanol–water partition coefficient (Wildman–Crippen LogP) is 3.21. The van der Waals surface area contributed by atoms with Crippen molar-refractivity contribution in [2.75, 3.05) is 5.32 Å². The average molecular weight is 303 g/mol. The number of rotatable bonds is 3. The molecule has 23 heavy (non-hydrogen) atoms. The van der Waals surface area contributed by atoms with Crippen LogP contribution in [0.1, 0.15) is 10.5 Å². The van der Waals surface area contributed by atoms with E-state index in [1.54, 1.807) is 18.5 Å². The zero-order chi connectivity index (χ0) is 15.6. The van der Waals surface area contributed by atoms with Crippen molar-refractivity contribution in [2.24, 2.45) is 0 Å². The summed E-state index contributed by atoms with van der Waals surface area (Å²) in [5.41, 5.74) is 3.64. The first kappa shape index (κ1) is 13.3. The van der Waals surface area contributed by atoms with Gasteiger partial charge < -0.3 is 10.3 Å². The fourth-order valence-electron chi connectivity index (χ4n) is 2.42. The molecule has 0 atom stereocenters. The highest BCUT2D eigenvalue weighted by molar-refractivity contribution is 6.04. The minimum absolute atomic E-state index is 0.237. The summed E-state index contributed by atoms with van der Waals surface area (Å²) < 4.78 is 0. The molecule has 3 aromatic heterocycles. The number of amides is 1. The van der Waals surface area contributed by atoms with Gasteiger partial charge in [-0.05, 0) is 41.8 Å². The molecule has 0 saturated heterocycles. The quantitative estimate of drug-likeness (QED) is 0.543. The molecule has 1 amide bonds. The van der Waals surface area contributed by atoms with Gasteiger partial charge in [0.05, 0.1) is 5.69 Å². The Hall–Kier alpha value is -3.41. The molecule has 0 bridgehead atoms. The van der Waals surface area contributed by atoms with E-state index in [-0.39, 0.29) is 5.91 Å². The number of hydrogen-bond acceptors (Lipinski definition) is 3. The molecule has 0 saturated carbocycles. The summed E-state index contributed by atoms with van der Waals surface area (Å²) in [7, 11) is 0. The number of H-pyrrole nitrogens is 2. The van der Waals surface area contributed by atoms with E-state index in [4.69, 9.17) is 0 Å². The summed E-state index contributed by atoms with van der Waals surface area (Å²) >= 11 is 0. The third-order valence-corrected chi connectivity index (χ3v) is 3.59. The molecular formula is C17H13N5O. The van der Waals surface area contributed by atoms with Crippen LogP contribution < -0.4 is 5.32 Å². The van der Waals surface area contributed by atoms with Gasteiger partial charge in [0.15, 0.2) is 0 Å². The van der Waals surface area contributed by atoms with Crippen LogP contribution in [0.5, 0.6) is 0 Å². The van der Waals surface area contributed by atoms with Gasteiger partial charge in [0.2, 0.25) is 0 Å². The van der Waals surface area contributed by atoms with Crippen LogP contribution in [0, 0.1) is 0 Å². The maximum Gasteiger partial charge on any atom is 0.273 e. The second-order valence-electron chi connectivity index (χ2n) is 5.14. The van der Waals surface area contributed by atoms with E-state index < -0.39 is 0 Å². The SMILES string of the molecule is O=C(Nc1ccc2cc[nH]c2c1)c1cc(-c2cccnc2)n[nH]1. The molecule has 0 fully saturated rings. The summed E-state index contributed by atoms with van der Waals surface area (Å²) in [6.07, 6.45) is 5.27. The van der Waals surface area contributed by atoms with Gasteiger partial charge in [-0.1, -0.05) is 6.07 Å². The van der Waals surface area contributed by atoms with Gasteiger partial charge in [-0.2, -0.15) is 5.10 Å². The van der Waals surface area contributed by atoms with E-state index in [0.717, 1.165) is 22.2 Å². The summed E-state index contributed by atoms with van der Waals surface area (Å²) in [5.74, 6) is -0.237. The number of aromatic nitrogens is 4. The monoisotopic (exact) mass is 303 g/mol. The molecule has 0 aliphatic carbocycles. The zero-order valence-corrected chi connectivity index (χ0v) is 12.1. The molecule has 6 heteroatoms. The molecule has 1 aromatic carbocycles. The highest BCUT2D eigenvalue weighted by atomic mass is 16.1. The van der Waals surface area contributed by atoms with Gasteiger partial charge in [0, 0.05) is 35.4 Å². The number of pyridine rings is 1. The van der Waals surface area contributed by atoms with E-state index in [2.05, 4.69) is 25.5 Å². The predicted molar refractivity (Wildman–Crippen MR) is 88.1 cm³/mol. The number of benzene rings is 1.